The summed E-state index contributed by atoms with van der Waals surface area (Å²) in [5, 5.41) is 3.73. The summed E-state index contributed by atoms with van der Waals surface area (Å²) in [4.78, 5) is 29.0. The molecular weight excluding hydrogens is 328 g/mol. The van der Waals surface area contributed by atoms with E-state index in [0.717, 1.165) is 42.4 Å². The molecule has 0 saturated carbocycles. The minimum atomic E-state index is -0.666. The van der Waals surface area contributed by atoms with Crippen molar-refractivity contribution in [1.29, 1.82) is 0 Å². The molecule has 1 aromatic heterocycles. The minimum Gasteiger partial charge on any atom is -0.361 e. The van der Waals surface area contributed by atoms with E-state index in [-0.39, 0.29) is 30.8 Å². The number of nitrogens with two attached hydrogens (primary N) is 1. The van der Waals surface area contributed by atoms with Crippen molar-refractivity contribution >= 4 is 35.1 Å². The van der Waals surface area contributed by atoms with Crippen LogP contribution in [0.5, 0.6) is 0 Å². The largest absolute Gasteiger partial charge is 0.361 e. The van der Waals surface area contributed by atoms with Gasteiger partial charge < -0.3 is 20.9 Å². The lowest BCUT2D eigenvalue weighted by atomic mass is 10.1. The summed E-state index contributed by atoms with van der Waals surface area (Å²) in [5.41, 5.74) is 8.02. The second kappa shape index (κ2) is 8.17. The highest BCUT2D eigenvalue weighted by atomic mass is 35.5. The topological polar surface area (TPSA) is 91.2 Å². The number of carbonyl (C=O) groups is 2. The van der Waals surface area contributed by atoms with Gasteiger partial charge in [-0.2, -0.15) is 0 Å². The van der Waals surface area contributed by atoms with Gasteiger partial charge in [-0.15, -0.1) is 12.4 Å². The van der Waals surface area contributed by atoms with Gasteiger partial charge >= 0.3 is 0 Å². The number of benzene rings is 1. The number of aromatic amines is 1. The number of para-hydroxylation sites is 1. The number of likely N-dealkylation sites (tertiary alicyclic amines) is 1. The lowest BCUT2D eigenvalue weighted by molar-refractivity contribution is -0.132. The third kappa shape index (κ3) is 4.07. The van der Waals surface area contributed by atoms with Crippen LogP contribution in [0.2, 0.25) is 0 Å². The van der Waals surface area contributed by atoms with E-state index in [2.05, 4.69) is 10.3 Å². The Labute approximate surface area is 147 Å². The number of carbonyl (C=O) groups excluding carboxylic acids is 2. The number of H-pyrrole nitrogens is 1. The Morgan fingerprint density at radius 2 is 1.96 bits per heavy atom. The Kier molecular flexibility index (Phi) is 6.23. The van der Waals surface area contributed by atoms with Crippen molar-refractivity contribution in [2.75, 3.05) is 19.6 Å². The monoisotopic (exact) mass is 350 g/mol. The van der Waals surface area contributed by atoms with Crippen LogP contribution in [0.3, 0.4) is 0 Å². The quantitative estimate of drug-likeness (QED) is 0.756. The van der Waals surface area contributed by atoms with Crippen molar-refractivity contribution < 1.29 is 9.59 Å². The molecule has 0 radical (unpaired) electrons. The van der Waals surface area contributed by atoms with Crippen molar-refractivity contribution in [3.05, 3.63) is 36.0 Å². The lowest BCUT2D eigenvalue weighted by Crippen LogP contribution is -2.46. The third-order valence-electron chi connectivity index (χ3n) is 4.32. The summed E-state index contributed by atoms with van der Waals surface area (Å²) in [7, 11) is 0. The molecule has 24 heavy (non-hydrogen) atoms. The zero-order valence-electron chi connectivity index (χ0n) is 13.5. The average Bonchev–Trinajstić information content (AvgIpc) is 3.22. The first-order valence-electron chi connectivity index (χ1n) is 8.01. The summed E-state index contributed by atoms with van der Waals surface area (Å²) in [6, 6.07) is 7.24. The highest BCUT2D eigenvalue weighted by Crippen LogP contribution is 2.18. The molecule has 0 bridgehead atoms. The van der Waals surface area contributed by atoms with Crippen LogP contribution in [0.25, 0.3) is 10.9 Å². The van der Waals surface area contributed by atoms with Gasteiger partial charge in [-0.1, -0.05) is 18.2 Å². The molecule has 6 nitrogen and oxygen atoms in total. The van der Waals surface area contributed by atoms with Crippen LogP contribution in [-0.2, 0) is 16.0 Å². The molecule has 130 valence electrons. The fraction of sp³-hybridized carbons (Fsp3) is 0.412. The Bertz CT molecular complexity index is 709. The number of fused-ring (bicyclic) bond motifs is 1. The van der Waals surface area contributed by atoms with Crippen LogP contribution in [0.15, 0.2) is 30.5 Å². The summed E-state index contributed by atoms with van der Waals surface area (Å²) in [5.74, 6) is -0.321. The number of halogens is 1. The van der Waals surface area contributed by atoms with Crippen molar-refractivity contribution in [2.24, 2.45) is 5.73 Å². The number of hydrogen-bond acceptors (Lipinski definition) is 3. The molecule has 1 aliphatic rings. The molecule has 1 saturated heterocycles. The zero-order chi connectivity index (χ0) is 16.2. The minimum absolute atomic E-state index is 0. The van der Waals surface area contributed by atoms with E-state index in [0.29, 0.717) is 6.42 Å². The van der Waals surface area contributed by atoms with Gasteiger partial charge in [-0.25, -0.2) is 0 Å². The molecule has 1 aliphatic heterocycles. The second-order valence-corrected chi connectivity index (χ2v) is 5.98. The van der Waals surface area contributed by atoms with Crippen LogP contribution in [0.1, 0.15) is 18.4 Å². The predicted molar refractivity (Wildman–Crippen MR) is 96.0 cm³/mol. The Morgan fingerprint density at radius 3 is 2.71 bits per heavy atom. The highest BCUT2D eigenvalue weighted by Gasteiger charge is 2.20. The van der Waals surface area contributed by atoms with Gasteiger partial charge in [0.05, 0.1) is 12.6 Å². The normalized spacial score (nSPS) is 15.1. The number of nitrogens with one attached hydrogen (secondary N) is 2. The Balaban J connectivity index is 0.00000208. The number of hydrogen-bond donors (Lipinski definition) is 3. The van der Waals surface area contributed by atoms with Crippen molar-refractivity contribution in [2.45, 2.75) is 25.3 Å². The number of nitrogens with zero attached hydrogens (tertiary/aromatic N) is 1. The molecule has 0 spiro atoms. The maximum absolute atomic E-state index is 12.1. The van der Waals surface area contributed by atoms with Gasteiger partial charge in [0.2, 0.25) is 11.8 Å². The fourth-order valence-electron chi connectivity index (χ4n) is 3.00. The molecule has 2 heterocycles. The molecular formula is C17H23ClN4O2. The van der Waals surface area contributed by atoms with Gasteiger partial charge in [0, 0.05) is 30.2 Å². The maximum Gasteiger partial charge on any atom is 0.241 e. The van der Waals surface area contributed by atoms with E-state index >= 15 is 0 Å². The number of rotatable bonds is 5. The molecule has 1 atom stereocenters. The molecule has 2 aromatic rings. The first-order valence-corrected chi connectivity index (χ1v) is 8.01. The standard InChI is InChI=1S/C17H22N4O2.ClH/c18-14(9-12-10-19-15-6-2-1-5-13(12)15)17(23)20-11-16(22)21-7-3-4-8-21;/h1-2,5-6,10,14,19H,3-4,7-9,11,18H2,(H,20,23);1H/t14-;/m0./s1. The van der Waals surface area contributed by atoms with Crippen LogP contribution < -0.4 is 11.1 Å². The Hall–Kier alpha value is -2.05. The molecule has 4 N–H and O–H groups in total. The maximum atomic E-state index is 12.1. The highest BCUT2D eigenvalue weighted by molar-refractivity contribution is 5.89. The molecule has 0 aliphatic carbocycles. The van der Waals surface area contributed by atoms with Crippen LogP contribution >= 0.6 is 12.4 Å². The molecule has 1 aromatic carbocycles. The molecule has 3 rings (SSSR count). The average molecular weight is 351 g/mol. The first-order chi connectivity index (χ1) is 11.1. The van der Waals surface area contributed by atoms with Crippen molar-refractivity contribution in [3.8, 4) is 0 Å². The van der Waals surface area contributed by atoms with Crippen molar-refractivity contribution in [3.63, 3.8) is 0 Å². The van der Waals surface area contributed by atoms with Gasteiger partial charge in [0.25, 0.3) is 0 Å². The number of aromatic nitrogens is 1. The predicted octanol–water partition coefficient (Wildman–Crippen LogP) is 1.20. The van der Waals surface area contributed by atoms with Crippen LogP contribution in [0, 0.1) is 0 Å². The summed E-state index contributed by atoms with van der Waals surface area (Å²) in [6.45, 7) is 1.60. The smallest absolute Gasteiger partial charge is 0.241 e. The number of amides is 2. The summed E-state index contributed by atoms with van der Waals surface area (Å²) < 4.78 is 0. The third-order valence-corrected chi connectivity index (χ3v) is 4.32. The molecule has 0 unspecified atom stereocenters. The van der Waals surface area contributed by atoms with Gasteiger partial charge in [-0.3, -0.25) is 9.59 Å². The SMILES string of the molecule is Cl.N[C@@H](Cc1c[nH]c2ccccc12)C(=O)NCC(=O)N1CCCC1. The Morgan fingerprint density at radius 1 is 1.25 bits per heavy atom. The van der Waals surface area contributed by atoms with E-state index in [9.17, 15) is 9.59 Å². The molecule has 1 fully saturated rings. The van der Waals surface area contributed by atoms with E-state index in [4.69, 9.17) is 5.73 Å². The fourth-order valence-corrected chi connectivity index (χ4v) is 3.00. The molecule has 7 heteroatoms. The summed E-state index contributed by atoms with van der Waals surface area (Å²) in [6.07, 6.45) is 4.40. The van der Waals surface area contributed by atoms with Crippen molar-refractivity contribution in [1.82, 2.24) is 15.2 Å². The second-order valence-electron chi connectivity index (χ2n) is 5.98. The van der Waals surface area contributed by atoms with E-state index in [1.165, 1.54) is 0 Å². The first kappa shape index (κ1) is 18.3. The lowest BCUT2D eigenvalue weighted by Gasteiger charge is -2.17. The van der Waals surface area contributed by atoms with Gasteiger partial charge in [0.15, 0.2) is 0 Å². The van der Waals surface area contributed by atoms with Crippen LogP contribution in [-0.4, -0.2) is 47.4 Å². The van der Waals surface area contributed by atoms with E-state index < -0.39 is 6.04 Å². The molecule has 2 amide bonds. The zero-order valence-corrected chi connectivity index (χ0v) is 14.3. The summed E-state index contributed by atoms with van der Waals surface area (Å²) >= 11 is 0. The van der Waals surface area contributed by atoms with Crippen LogP contribution in [0.4, 0.5) is 0 Å². The van der Waals surface area contributed by atoms with Gasteiger partial charge in [-0.05, 0) is 30.9 Å². The van der Waals surface area contributed by atoms with E-state index in [1.807, 2.05) is 30.5 Å². The van der Waals surface area contributed by atoms with Gasteiger partial charge in [0.1, 0.15) is 0 Å². The van der Waals surface area contributed by atoms with E-state index in [1.54, 1.807) is 4.90 Å².